The molecular weight excluding hydrogens is 226 g/mol. The van der Waals surface area contributed by atoms with Gasteiger partial charge in [-0.05, 0) is 24.5 Å². The van der Waals surface area contributed by atoms with Crippen LogP contribution in [0.3, 0.4) is 0 Å². The molecule has 0 spiro atoms. The number of anilines is 1. The molecule has 0 unspecified atom stereocenters. The van der Waals surface area contributed by atoms with Crippen LogP contribution in [0.5, 0.6) is 0 Å². The van der Waals surface area contributed by atoms with Gasteiger partial charge in [0.15, 0.2) is 0 Å². The summed E-state index contributed by atoms with van der Waals surface area (Å²) in [6.45, 7) is 7.99. The van der Waals surface area contributed by atoms with Gasteiger partial charge in [0.1, 0.15) is 5.69 Å². The molecule has 18 heavy (non-hydrogen) atoms. The van der Waals surface area contributed by atoms with Crippen LogP contribution in [-0.2, 0) is 0 Å². The van der Waals surface area contributed by atoms with Crippen molar-refractivity contribution < 1.29 is 4.79 Å². The average molecular weight is 249 g/mol. The first-order valence-corrected chi connectivity index (χ1v) is 6.61. The highest BCUT2D eigenvalue weighted by Crippen LogP contribution is 2.08. The highest BCUT2D eigenvalue weighted by Gasteiger charge is 2.07. The molecule has 4 heteroatoms. The molecule has 0 radical (unpaired) electrons. The third-order valence-electron chi connectivity index (χ3n) is 2.52. The SMILES string of the molecule is CCCCNC(=O)c1cc(NCC(C)C)ccn1. The highest BCUT2D eigenvalue weighted by atomic mass is 16.1. The van der Waals surface area contributed by atoms with Crippen LogP contribution in [0.2, 0.25) is 0 Å². The van der Waals surface area contributed by atoms with Crippen molar-refractivity contribution in [2.75, 3.05) is 18.4 Å². The van der Waals surface area contributed by atoms with E-state index in [4.69, 9.17) is 0 Å². The Morgan fingerprint density at radius 1 is 1.44 bits per heavy atom. The molecule has 100 valence electrons. The van der Waals surface area contributed by atoms with Crippen molar-refractivity contribution in [3.63, 3.8) is 0 Å². The van der Waals surface area contributed by atoms with E-state index >= 15 is 0 Å². The lowest BCUT2D eigenvalue weighted by molar-refractivity contribution is 0.0948. The van der Waals surface area contributed by atoms with Crippen LogP contribution in [-0.4, -0.2) is 24.0 Å². The van der Waals surface area contributed by atoms with Gasteiger partial charge in [0.05, 0.1) is 0 Å². The number of nitrogens with zero attached hydrogens (tertiary/aromatic N) is 1. The molecule has 0 bridgehead atoms. The summed E-state index contributed by atoms with van der Waals surface area (Å²) in [7, 11) is 0. The molecule has 2 N–H and O–H groups in total. The van der Waals surface area contributed by atoms with Crippen molar-refractivity contribution in [2.24, 2.45) is 5.92 Å². The molecule has 4 nitrogen and oxygen atoms in total. The van der Waals surface area contributed by atoms with Crippen LogP contribution in [0.15, 0.2) is 18.3 Å². The third-order valence-corrected chi connectivity index (χ3v) is 2.52. The second-order valence-corrected chi connectivity index (χ2v) is 4.81. The van der Waals surface area contributed by atoms with Crippen LogP contribution >= 0.6 is 0 Å². The number of aromatic nitrogens is 1. The quantitative estimate of drug-likeness (QED) is 0.730. The second-order valence-electron chi connectivity index (χ2n) is 4.81. The first-order valence-electron chi connectivity index (χ1n) is 6.61. The Labute approximate surface area is 109 Å². The summed E-state index contributed by atoms with van der Waals surface area (Å²) < 4.78 is 0. The maximum absolute atomic E-state index is 11.8. The van der Waals surface area contributed by atoms with E-state index in [1.165, 1.54) is 0 Å². The van der Waals surface area contributed by atoms with E-state index in [9.17, 15) is 4.79 Å². The predicted molar refractivity (Wildman–Crippen MR) is 74.8 cm³/mol. The normalized spacial score (nSPS) is 10.4. The van der Waals surface area contributed by atoms with Crippen molar-refractivity contribution >= 4 is 11.6 Å². The van der Waals surface area contributed by atoms with E-state index < -0.39 is 0 Å². The maximum Gasteiger partial charge on any atom is 0.269 e. The van der Waals surface area contributed by atoms with E-state index in [0.717, 1.165) is 25.1 Å². The fraction of sp³-hybridized carbons (Fsp3) is 0.571. The topological polar surface area (TPSA) is 54.0 Å². The molecule has 1 heterocycles. The minimum atomic E-state index is -0.100. The zero-order valence-corrected chi connectivity index (χ0v) is 11.5. The summed E-state index contributed by atoms with van der Waals surface area (Å²) in [6.07, 6.45) is 3.73. The molecule has 0 aliphatic carbocycles. The zero-order chi connectivity index (χ0) is 13.4. The molecule has 0 fully saturated rings. The molecule has 0 atom stereocenters. The minimum Gasteiger partial charge on any atom is -0.385 e. The Morgan fingerprint density at radius 3 is 2.89 bits per heavy atom. The van der Waals surface area contributed by atoms with E-state index in [1.807, 2.05) is 6.07 Å². The van der Waals surface area contributed by atoms with Gasteiger partial charge in [-0.3, -0.25) is 9.78 Å². The molecule has 1 amide bonds. The van der Waals surface area contributed by atoms with Crippen LogP contribution in [0, 0.1) is 5.92 Å². The van der Waals surface area contributed by atoms with Gasteiger partial charge in [-0.25, -0.2) is 0 Å². The highest BCUT2D eigenvalue weighted by molar-refractivity contribution is 5.93. The molecule has 0 aromatic carbocycles. The number of pyridine rings is 1. The number of carbonyl (C=O) groups is 1. The van der Waals surface area contributed by atoms with Crippen LogP contribution < -0.4 is 10.6 Å². The van der Waals surface area contributed by atoms with Gasteiger partial charge in [0.25, 0.3) is 5.91 Å². The summed E-state index contributed by atoms with van der Waals surface area (Å²) in [5.41, 5.74) is 1.42. The van der Waals surface area contributed by atoms with Crippen LogP contribution in [0.4, 0.5) is 5.69 Å². The largest absolute Gasteiger partial charge is 0.385 e. The lowest BCUT2D eigenvalue weighted by Gasteiger charge is -2.10. The molecular formula is C14H23N3O. The molecule has 1 aromatic heterocycles. The summed E-state index contributed by atoms with van der Waals surface area (Å²) in [6, 6.07) is 3.68. The van der Waals surface area contributed by atoms with E-state index in [2.05, 4.69) is 36.4 Å². The van der Waals surface area contributed by atoms with Gasteiger partial charge in [-0.2, -0.15) is 0 Å². The van der Waals surface area contributed by atoms with Gasteiger partial charge in [0, 0.05) is 25.0 Å². The summed E-state index contributed by atoms with van der Waals surface area (Å²) in [5.74, 6) is 0.469. The summed E-state index contributed by atoms with van der Waals surface area (Å²) in [5, 5.41) is 6.15. The Balaban J connectivity index is 2.55. The molecule has 0 aliphatic rings. The Kier molecular flexibility index (Phi) is 6.19. The van der Waals surface area contributed by atoms with Gasteiger partial charge in [-0.15, -0.1) is 0 Å². The molecule has 0 saturated heterocycles. The van der Waals surface area contributed by atoms with Crippen molar-refractivity contribution in [3.8, 4) is 0 Å². The fourth-order valence-corrected chi connectivity index (χ4v) is 1.46. The molecule has 0 aliphatic heterocycles. The van der Waals surface area contributed by atoms with E-state index in [-0.39, 0.29) is 5.91 Å². The monoisotopic (exact) mass is 249 g/mol. The Bertz CT molecular complexity index is 377. The van der Waals surface area contributed by atoms with Crippen LogP contribution in [0.1, 0.15) is 44.1 Å². The lowest BCUT2D eigenvalue weighted by Crippen LogP contribution is -2.25. The van der Waals surface area contributed by atoms with Crippen molar-refractivity contribution in [1.82, 2.24) is 10.3 Å². The van der Waals surface area contributed by atoms with Gasteiger partial charge >= 0.3 is 0 Å². The van der Waals surface area contributed by atoms with Crippen molar-refractivity contribution in [3.05, 3.63) is 24.0 Å². The van der Waals surface area contributed by atoms with Gasteiger partial charge in [0.2, 0.25) is 0 Å². The summed E-state index contributed by atoms with van der Waals surface area (Å²) >= 11 is 0. The van der Waals surface area contributed by atoms with Crippen molar-refractivity contribution in [2.45, 2.75) is 33.6 Å². The lowest BCUT2D eigenvalue weighted by atomic mass is 10.2. The second kappa shape index (κ2) is 7.69. The first-order chi connectivity index (χ1) is 8.63. The molecule has 0 saturated carbocycles. The number of hydrogen-bond donors (Lipinski definition) is 2. The zero-order valence-electron chi connectivity index (χ0n) is 11.5. The maximum atomic E-state index is 11.8. The molecule has 1 rings (SSSR count). The van der Waals surface area contributed by atoms with Gasteiger partial charge < -0.3 is 10.6 Å². The molecule has 1 aromatic rings. The fourth-order valence-electron chi connectivity index (χ4n) is 1.46. The number of rotatable bonds is 7. The Morgan fingerprint density at radius 2 is 2.22 bits per heavy atom. The number of unbranched alkanes of at least 4 members (excludes halogenated alkanes) is 1. The number of hydrogen-bond acceptors (Lipinski definition) is 3. The number of carbonyl (C=O) groups excluding carboxylic acids is 1. The van der Waals surface area contributed by atoms with Crippen LogP contribution in [0.25, 0.3) is 0 Å². The smallest absolute Gasteiger partial charge is 0.269 e. The first kappa shape index (κ1) is 14.5. The summed E-state index contributed by atoms with van der Waals surface area (Å²) in [4.78, 5) is 15.9. The predicted octanol–water partition coefficient (Wildman–Crippen LogP) is 2.68. The Hall–Kier alpha value is -1.58. The number of nitrogens with one attached hydrogen (secondary N) is 2. The minimum absolute atomic E-state index is 0.100. The van der Waals surface area contributed by atoms with Crippen molar-refractivity contribution in [1.29, 1.82) is 0 Å². The van der Waals surface area contributed by atoms with E-state index in [0.29, 0.717) is 18.2 Å². The van der Waals surface area contributed by atoms with E-state index in [1.54, 1.807) is 12.3 Å². The van der Waals surface area contributed by atoms with Gasteiger partial charge in [-0.1, -0.05) is 27.2 Å². The standard InChI is InChI=1S/C14H23N3O/c1-4-5-7-16-14(18)13-9-12(6-8-15-13)17-10-11(2)3/h6,8-9,11H,4-5,7,10H2,1-3H3,(H,15,17)(H,16,18). The third kappa shape index (κ3) is 5.17. The number of amides is 1. The average Bonchev–Trinajstić information content (AvgIpc) is 2.37.